The second-order valence-corrected chi connectivity index (χ2v) is 5.72. The molecular weight excluding hydrogens is 292 g/mol. The molecule has 0 aromatic heterocycles. The molecule has 2 rings (SSSR count). The molecule has 4 nitrogen and oxygen atoms in total. The standard InChI is InChI=1S/C19H24O4/c1-6-13(14-9-16(20)18(22-4)7-11(14)2)15-10-17(21)19(23-5)8-12(15)3/h7-10,13,20-21H,6H2,1-5H3. The molecule has 0 bridgehead atoms. The summed E-state index contributed by atoms with van der Waals surface area (Å²) in [5, 5.41) is 20.2. The van der Waals surface area contributed by atoms with Crippen LogP contribution in [0, 0.1) is 13.8 Å². The summed E-state index contributed by atoms with van der Waals surface area (Å²) in [7, 11) is 3.08. The fourth-order valence-electron chi connectivity index (χ4n) is 3.06. The summed E-state index contributed by atoms with van der Waals surface area (Å²) in [4.78, 5) is 0. The van der Waals surface area contributed by atoms with Crippen LogP contribution in [-0.4, -0.2) is 24.4 Å². The molecule has 4 heteroatoms. The topological polar surface area (TPSA) is 58.9 Å². The van der Waals surface area contributed by atoms with E-state index in [9.17, 15) is 10.2 Å². The third-order valence-corrected chi connectivity index (χ3v) is 4.29. The van der Waals surface area contributed by atoms with E-state index in [-0.39, 0.29) is 17.4 Å². The largest absolute Gasteiger partial charge is 0.504 e. The first kappa shape index (κ1) is 17.0. The Balaban J connectivity index is 2.57. The van der Waals surface area contributed by atoms with Crippen LogP contribution >= 0.6 is 0 Å². The van der Waals surface area contributed by atoms with Crippen LogP contribution in [0.25, 0.3) is 0 Å². The van der Waals surface area contributed by atoms with E-state index in [1.165, 1.54) is 14.2 Å². The number of ether oxygens (including phenoxy) is 2. The number of rotatable bonds is 5. The number of methoxy groups -OCH3 is 2. The first-order chi connectivity index (χ1) is 10.9. The molecule has 0 unspecified atom stereocenters. The molecule has 2 aromatic rings. The molecule has 0 heterocycles. The zero-order chi connectivity index (χ0) is 17.1. The van der Waals surface area contributed by atoms with Gasteiger partial charge in [0, 0.05) is 5.92 Å². The lowest BCUT2D eigenvalue weighted by Crippen LogP contribution is -2.05. The number of aromatic hydroxyl groups is 2. The molecule has 0 fully saturated rings. The normalized spacial score (nSPS) is 10.9. The molecule has 0 aliphatic heterocycles. The number of phenols is 2. The Bertz CT molecular complexity index is 648. The maximum atomic E-state index is 10.1. The molecule has 124 valence electrons. The minimum atomic E-state index is 0.0728. The van der Waals surface area contributed by atoms with Crippen LogP contribution in [0.1, 0.15) is 41.5 Å². The van der Waals surface area contributed by atoms with Crippen molar-refractivity contribution in [2.45, 2.75) is 33.1 Å². The van der Waals surface area contributed by atoms with E-state index in [2.05, 4.69) is 6.92 Å². The third kappa shape index (κ3) is 3.21. The maximum Gasteiger partial charge on any atom is 0.160 e. The number of hydrogen-bond acceptors (Lipinski definition) is 4. The second kappa shape index (κ2) is 6.82. The highest BCUT2D eigenvalue weighted by molar-refractivity contribution is 5.53. The molecule has 0 radical (unpaired) electrons. The number of benzene rings is 2. The highest BCUT2D eigenvalue weighted by Gasteiger charge is 2.20. The monoisotopic (exact) mass is 316 g/mol. The van der Waals surface area contributed by atoms with Crippen molar-refractivity contribution in [2.75, 3.05) is 14.2 Å². The Morgan fingerprint density at radius 2 is 1.22 bits per heavy atom. The van der Waals surface area contributed by atoms with Gasteiger partial charge in [0.15, 0.2) is 23.0 Å². The minimum absolute atomic E-state index is 0.0728. The van der Waals surface area contributed by atoms with Crippen LogP contribution in [0.2, 0.25) is 0 Å². The van der Waals surface area contributed by atoms with Crippen LogP contribution in [0.4, 0.5) is 0 Å². The van der Waals surface area contributed by atoms with Crippen LogP contribution in [0.5, 0.6) is 23.0 Å². The van der Waals surface area contributed by atoms with E-state index in [0.717, 1.165) is 28.7 Å². The van der Waals surface area contributed by atoms with Crippen molar-refractivity contribution in [2.24, 2.45) is 0 Å². The lowest BCUT2D eigenvalue weighted by molar-refractivity contribution is 0.371. The molecule has 0 aliphatic rings. The average molecular weight is 316 g/mol. The minimum Gasteiger partial charge on any atom is -0.504 e. The van der Waals surface area contributed by atoms with E-state index in [0.29, 0.717) is 11.5 Å². The third-order valence-electron chi connectivity index (χ3n) is 4.29. The van der Waals surface area contributed by atoms with Crippen molar-refractivity contribution in [3.63, 3.8) is 0 Å². The zero-order valence-corrected chi connectivity index (χ0v) is 14.3. The molecule has 0 saturated heterocycles. The van der Waals surface area contributed by atoms with Gasteiger partial charge in [-0.05, 0) is 66.8 Å². The van der Waals surface area contributed by atoms with E-state index in [1.807, 2.05) is 26.0 Å². The first-order valence-electron chi connectivity index (χ1n) is 7.67. The number of hydrogen-bond donors (Lipinski definition) is 2. The summed E-state index contributed by atoms with van der Waals surface area (Å²) >= 11 is 0. The molecule has 2 aromatic carbocycles. The Kier molecular flexibility index (Phi) is 5.04. The Morgan fingerprint density at radius 1 is 0.826 bits per heavy atom. The van der Waals surface area contributed by atoms with Crippen LogP contribution in [-0.2, 0) is 0 Å². The summed E-state index contributed by atoms with van der Waals surface area (Å²) < 4.78 is 10.3. The summed E-state index contributed by atoms with van der Waals surface area (Å²) in [5.74, 6) is 1.26. The quantitative estimate of drug-likeness (QED) is 0.864. The van der Waals surface area contributed by atoms with Gasteiger partial charge < -0.3 is 19.7 Å². The van der Waals surface area contributed by atoms with Gasteiger partial charge in [-0.15, -0.1) is 0 Å². The lowest BCUT2D eigenvalue weighted by Gasteiger charge is -2.22. The van der Waals surface area contributed by atoms with Crippen LogP contribution in [0.15, 0.2) is 24.3 Å². The van der Waals surface area contributed by atoms with Crippen molar-refractivity contribution in [1.29, 1.82) is 0 Å². The zero-order valence-electron chi connectivity index (χ0n) is 14.3. The molecule has 0 spiro atoms. The smallest absolute Gasteiger partial charge is 0.160 e. The molecular formula is C19H24O4. The van der Waals surface area contributed by atoms with Crippen molar-refractivity contribution >= 4 is 0 Å². The molecule has 0 atom stereocenters. The van der Waals surface area contributed by atoms with Gasteiger partial charge in [-0.3, -0.25) is 0 Å². The molecule has 23 heavy (non-hydrogen) atoms. The molecule has 0 saturated carbocycles. The number of phenolic OH excluding ortho intramolecular Hbond substituents is 2. The Hall–Kier alpha value is -2.36. The highest BCUT2D eigenvalue weighted by Crippen LogP contribution is 2.40. The summed E-state index contributed by atoms with van der Waals surface area (Å²) in [5.41, 5.74) is 4.14. The van der Waals surface area contributed by atoms with Crippen LogP contribution < -0.4 is 9.47 Å². The van der Waals surface area contributed by atoms with E-state index < -0.39 is 0 Å². The van der Waals surface area contributed by atoms with E-state index >= 15 is 0 Å². The molecule has 0 aliphatic carbocycles. The van der Waals surface area contributed by atoms with Crippen molar-refractivity contribution in [3.8, 4) is 23.0 Å². The Morgan fingerprint density at radius 3 is 1.52 bits per heavy atom. The van der Waals surface area contributed by atoms with E-state index in [1.54, 1.807) is 12.1 Å². The average Bonchev–Trinajstić information content (AvgIpc) is 2.53. The summed E-state index contributed by atoms with van der Waals surface area (Å²) in [6.07, 6.45) is 0.846. The SMILES string of the molecule is CCC(c1cc(O)c(OC)cc1C)c1cc(O)c(OC)cc1C. The predicted octanol–water partition coefficient (Wildman–Crippen LogP) is 4.27. The van der Waals surface area contributed by atoms with Crippen LogP contribution in [0.3, 0.4) is 0 Å². The van der Waals surface area contributed by atoms with Gasteiger partial charge in [-0.2, -0.15) is 0 Å². The second-order valence-electron chi connectivity index (χ2n) is 5.72. The van der Waals surface area contributed by atoms with Gasteiger partial charge in [0.1, 0.15) is 0 Å². The van der Waals surface area contributed by atoms with E-state index in [4.69, 9.17) is 9.47 Å². The lowest BCUT2D eigenvalue weighted by atomic mass is 9.84. The van der Waals surface area contributed by atoms with Crippen molar-refractivity contribution in [1.82, 2.24) is 0 Å². The summed E-state index contributed by atoms with van der Waals surface area (Å²) in [6.45, 7) is 6.09. The number of aryl methyl sites for hydroxylation is 2. The fraction of sp³-hybridized carbons (Fsp3) is 0.368. The van der Waals surface area contributed by atoms with Gasteiger partial charge in [0.25, 0.3) is 0 Å². The van der Waals surface area contributed by atoms with Crippen molar-refractivity contribution < 1.29 is 19.7 Å². The van der Waals surface area contributed by atoms with Gasteiger partial charge in [0.2, 0.25) is 0 Å². The fourth-order valence-corrected chi connectivity index (χ4v) is 3.06. The van der Waals surface area contributed by atoms with Gasteiger partial charge in [0.05, 0.1) is 14.2 Å². The first-order valence-corrected chi connectivity index (χ1v) is 7.67. The van der Waals surface area contributed by atoms with Gasteiger partial charge >= 0.3 is 0 Å². The van der Waals surface area contributed by atoms with Gasteiger partial charge in [-0.25, -0.2) is 0 Å². The van der Waals surface area contributed by atoms with Gasteiger partial charge in [-0.1, -0.05) is 6.92 Å². The molecule has 0 amide bonds. The maximum absolute atomic E-state index is 10.1. The predicted molar refractivity (Wildman–Crippen MR) is 90.9 cm³/mol. The molecule has 2 N–H and O–H groups in total. The summed E-state index contributed by atoms with van der Waals surface area (Å²) in [6, 6.07) is 7.18. The highest BCUT2D eigenvalue weighted by atomic mass is 16.5. The Labute approximate surface area is 137 Å². The van der Waals surface area contributed by atoms with Crippen molar-refractivity contribution in [3.05, 3.63) is 46.5 Å².